The van der Waals surface area contributed by atoms with E-state index in [4.69, 9.17) is 16.6 Å². The summed E-state index contributed by atoms with van der Waals surface area (Å²) in [5.74, 6) is 1.31. The molecule has 1 amide bonds. The number of nitrogens with zero attached hydrogens (tertiary/aromatic N) is 7. The second-order valence-electron chi connectivity index (χ2n) is 13.5. The molecule has 10 nitrogen and oxygen atoms in total. The van der Waals surface area contributed by atoms with Gasteiger partial charge in [-0.1, -0.05) is 47.6 Å². The molecule has 1 N–H and O–H groups in total. The van der Waals surface area contributed by atoms with Crippen LogP contribution in [0.1, 0.15) is 64.7 Å². The number of fused-ring (bicyclic) bond motifs is 4. The van der Waals surface area contributed by atoms with Crippen LogP contribution in [0.15, 0.2) is 87.6 Å². The van der Waals surface area contributed by atoms with E-state index in [-0.39, 0.29) is 17.9 Å². The Bertz CT molecular complexity index is 2670. The maximum atomic E-state index is 13.7. The third kappa shape index (κ3) is 6.99. The maximum Gasteiger partial charge on any atom is 0.271 e. The summed E-state index contributed by atoms with van der Waals surface area (Å²) in [5.41, 5.74) is 6.07. The molecule has 2 aliphatic rings. The Kier molecular flexibility index (Phi) is 10.4. The second-order valence-corrected chi connectivity index (χ2v) is 17.2. The number of hydrogen-bond acceptors (Lipinski definition) is 9. The van der Waals surface area contributed by atoms with E-state index in [1.54, 1.807) is 23.1 Å². The molecule has 0 aliphatic carbocycles. The molecule has 0 bridgehead atoms. The summed E-state index contributed by atoms with van der Waals surface area (Å²) in [4.78, 5) is 37.0. The topological polar surface area (TPSA) is 101 Å². The van der Waals surface area contributed by atoms with E-state index in [2.05, 4.69) is 67.7 Å². The van der Waals surface area contributed by atoms with Crippen LogP contribution >= 0.6 is 46.0 Å². The molecular formula is C41H40ClN8O2S3+. The van der Waals surface area contributed by atoms with Crippen LogP contribution in [0.4, 0.5) is 5.69 Å². The van der Waals surface area contributed by atoms with Crippen LogP contribution < -0.4 is 29.5 Å². The number of aliphatic imine (C=N–C) groups is 1. The molecule has 0 saturated carbocycles. The molecule has 280 valence electrons. The lowest BCUT2D eigenvalue weighted by Crippen LogP contribution is -2.39. The first-order valence-electron chi connectivity index (χ1n) is 18.2. The highest BCUT2D eigenvalue weighted by atomic mass is 35.5. The molecule has 0 saturated heterocycles. The van der Waals surface area contributed by atoms with E-state index in [0.29, 0.717) is 36.9 Å². The first-order chi connectivity index (χ1) is 26.6. The Morgan fingerprint density at radius 1 is 1.02 bits per heavy atom. The number of para-hydroxylation sites is 1. The molecular weight excluding hydrogens is 768 g/mol. The number of carbonyl (C=O) groups excluding carboxylic acids is 1. The molecule has 0 radical (unpaired) electrons. The Labute approximate surface area is 336 Å². The van der Waals surface area contributed by atoms with Crippen LogP contribution in [0.25, 0.3) is 16.1 Å². The highest BCUT2D eigenvalue weighted by molar-refractivity contribution is 8.08. The summed E-state index contributed by atoms with van der Waals surface area (Å²) < 4.78 is 7.72. The molecule has 4 aromatic heterocycles. The number of amides is 1. The van der Waals surface area contributed by atoms with Crippen molar-refractivity contribution < 1.29 is 9.36 Å². The van der Waals surface area contributed by atoms with Gasteiger partial charge < -0.3 is 10.2 Å². The number of benzene rings is 2. The van der Waals surface area contributed by atoms with Crippen LogP contribution in [0.3, 0.4) is 0 Å². The number of hydrogen-bond donors (Lipinski definition) is 1. The summed E-state index contributed by atoms with van der Waals surface area (Å²) in [6.45, 7) is 9.92. The molecule has 0 fully saturated rings. The SMILES string of the molecule is CCn1c(=O)/c(=C2\Sc3ccccc3N2C)s/c1=C\c1cccc[n+]1CCCNC(=O)C[C@@H]1N=C(c2ccc(Cl)cc2)c2c(sc(C)c2C)-n2c(C)nnc21. The molecule has 6 heterocycles. The van der Waals surface area contributed by atoms with Gasteiger partial charge in [-0.25, -0.2) is 0 Å². The van der Waals surface area contributed by atoms with Gasteiger partial charge in [0.2, 0.25) is 11.6 Å². The van der Waals surface area contributed by atoms with Gasteiger partial charge in [0.1, 0.15) is 31.1 Å². The minimum atomic E-state index is -0.530. The van der Waals surface area contributed by atoms with Crippen molar-refractivity contribution in [1.82, 2.24) is 24.6 Å². The Morgan fingerprint density at radius 3 is 2.58 bits per heavy atom. The fourth-order valence-electron chi connectivity index (χ4n) is 7.08. The van der Waals surface area contributed by atoms with E-state index < -0.39 is 6.04 Å². The molecule has 6 aromatic rings. The number of pyridine rings is 1. The number of halogens is 1. The average molecular weight is 808 g/mol. The number of anilines is 1. The van der Waals surface area contributed by atoms with Gasteiger partial charge >= 0.3 is 0 Å². The monoisotopic (exact) mass is 807 g/mol. The largest absolute Gasteiger partial charge is 0.356 e. The van der Waals surface area contributed by atoms with E-state index in [1.807, 2.05) is 80.2 Å². The van der Waals surface area contributed by atoms with E-state index in [1.165, 1.54) is 16.2 Å². The van der Waals surface area contributed by atoms with Crippen LogP contribution in [0.5, 0.6) is 0 Å². The summed E-state index contributed by atoms with van der Waals surface area (Å²) in [5, 5.41) is 14.7. The normalized spacial score (nSPS) is 16.1. The number of carbonyl (C=O) groups is 1. The fourth-order valence-corrected chi connectivity index (χ4v) is 10.9. The number of aryl methyl sites for hydroxylation is 3. The summed E-state index contributed by atoms with van der Waals surface area (Å²) in [6, 6.07) is 21.5. The van der Waals surface area contributed by atoms with E-state index >= 15 is 0 Å². The van der Waals surface area contributed by atoms with Crippen molar-refractivity contribution in [2.45, 2.75) is 64.6 Å². The quantitative estimate of drug-likeness (QED) is 0.141. The van der Waals surface area contributed by atoms with Crippen molar-refractivity contribution in [1.29, 1.82) is 0 Å². The van der Waals surface area contributed by atoms with Crippen molar-refractivity contribution in [3.05, 3.63) is 136 Å². The maximum absolute atomic E-state index is 13.7. The zero-order valence-electron chi connectivity index (χ0n) is 31.2. The zero-order valence-corrected chi connectivity index (χ0v) is 34.4. The average Bonchev–Trinajstić information content (AvgIpc) is 3.88. The Morgan fingerprint density at radius 2 is 1.80 bits per heavy atom. The molecule has 0 unspecified atom stereocenters. The number of rotatable bonds is 9. The molecule has 8 rings (SSSR count). The highest BCUT2D eigenvalue weighted by Gasteiger charge is 2.32. The van der Waals surface area contributed by atoms with Crippen LogP contribution in [-0.2, 0) is 17.9 Å². The number of thiazole rings is 1. The van der Waals surface area contributed by atoms with Gasteiger partial charge in [-0.2, -0.15) is 4.57 Å². The summed E-state index contributed by atoms with van der Waals surface area (Å²) in [7, 11) is 2.02. The van der Waals surface area contributed by atoms with Gasteiger partial charge in [-0.05, 0) is 63.6 Å². The van der Waals surface area contributed by atoms with Crippen molar-refractivity contribution in [2.24, 2.45) is 4.99 Å². The van der Waals surface area contributed by atoms with Crippen LogP contribution in [0.2, 0.25) is 5.02 Å². The smallest absolute Gasteiger partial charge is 0.271 e. The summed E-state index contributed by atoms with van der Waals surface area (Å²) in [6.07, 6.45) is 4.98. The first-order valence-corrected chi connectivity index (χ1v) is 21.0. The first kappa shape index (κ1) is 37.1. The van der Waals surface area contributed by atoms with Crippen molar-refractivity contribution >= 4 is 74.4 Å². The Hall–Kier alpha value is -4.82. The molecule has 55 heavy (non-hydrogen) atoms. The van der Waals surface area contributed by atoms with Gasteiger partial charge in [0.25, 0.3) is 5.56 Å². The summed E-state index contributed by atoms with van der Waals surface area (Å²) >= 11 is 11.1. The molecule has 1 atom stereocenters. The van der Waals surface area contributed by atoms with Gasteiger partial charge in [0, 0.05) is 70.7 Å². The van der Waals surface area contributed by atoms with Crippen molar-refractivity contribution in [2.75, 3.05) is 18.5 Å². The van der Waals surface area contributed by atoms with E-state index in [9.17, 15) is 9.59 Å². The van der Waals surface area contributed by atoms with Crippen LogP contribution in [0, 0.1) is 20.8 Å². The number of thiophene rings is 1. The predicted molar refractivity (Wildman–Crippen MR) is 223 cm³/mol. The van der Waals surface area contributed by atoms with Crippen LogP contribution in [-0.4, -0.2) is 44.5 Å². The molecule has 0 spiro atoms. The molecule has 14 heteroatoms. The zero-order chi connectivity index (χ0) is 38.4. The lowest BCUT2D eigenvalue weighted by molar-refractivity contribution is -0.698. The minimum Gasteiger partial charge on any atom is -0.356 e. The number of nitrogens with one attached hydrogen (secondary N) is 1. The second kappa shape index (κ2) is 15.4. The lowest BCUT2D eigenvalue weighted by Gasteiger charge is -2.13. The predicted octanol–water partition coefficient (Wildman–Crippen LogP) is 6.06. The lowest BCUT2D eigenvalue weighted by atomic mass is 9.99. The molecule has 2 aromatic carbocycles. The fraction of sp³-hybridized carbons (Fsp3) is 0.268. The third-order valence-corrected chi connectivity index (χ3v) is 14.0. The highest BCUT2D eigenvalue weighted by Crippen LogP contribution is 2.45. The Balaban J connectivity index is 1.00. The van der Waals surface area contributed by atoms with Gasteiger partial charge in [-0.3, -0.25) is 23.7 Å². The van der Waals surface area contributed by atoms with Crippen molar-refractivity contribution in [3.63, 3.8) is 0 Å². The molecule has 2 aliphatic heterocycles. The number of thioether (sulfide) groups is 1. The van der Waals surface area contributed by atoms with Gasteiger partial charge in [-0.15, -0.1) is 32.9 Å². The number of aromatic nitrogens is 5. The van der Waals surface area contributed by atoms with E-state index in [0.717, 1.165) is 63.7 Å². The van der Waals surface area contributed by atoms with Crippen molar-refractivity contribution in [3.8, 4) is 5.00 Å². The third-order valence-electron chi connectivity index (χ3n) is 10.0. The minimum absolute atomic E-state index is 0.0265. The van der Waals surface area contributed by atoms with Gasteiger partial charge in [0.05, 0.1) is 17.8 Å². The standard InChI is InChI=1S/C41H39ClN8O2S3/c1-6-49-34(55-37(39(49)52)41-47(5)31-13-7-8-14-32(31)54-41)22-29-12-9-10-20-48(29)21-11-19-43-33(51)23-30-38-46-45-26(4)50(38)40-35(24(2)25(3)53-40)36(44-30)27-15-17-28(42)18-16-27/h7-10,12-18,20,22,30H,6,11,19,21,23H2,1-5H3/p+1/b41-37+/t30-/m0/s1. The van der Waals surface area contributed by atoms with Gasteiger partial charge in [0.15, 0.2) is 18.6 Å².